The molecule has 1 heterocycles. The van der Waals surface area contributed by atoms with Gasteiger partial charge in [-0.3, -0.25) is 0 Å². The van der Waals surface area contributed by atoms with Gasteiger partial charge in [-0.15, -0.1) is 0 Å². The number of hydrogen-bond donors (Lipinski definition) is 3. The number of hydrogen-bond acceptors (Lipinski definition) is 5. The molecule has 2 amide bonds. The lowest BCUT2D eigenvalue weighted by molar-refractivity contribution is 0.203. The zero-order valence-corrected chi connectivity index (χ0v) is 18.0. The number of piperidine rings is 1. The van der Waals surface area contributed by atoms with Gasteiger partial charge in [0.1, 0.15) is 11.5 Å². The molecule has 0 spiro atoms. The molecule has 0 bridgehead atoms. The summed E-state index contributed by atoms with van der Waals surface area (Å²) in [6, 6.07) is 11.0. The molecule has 2 aromatic rings. The Bertz CT molecular complexity index is 852. The van der Waals surface area contributed by atoms with Gasteiger partial charge < -0.3 is 30.1 Å². The predicted octanol–water partition coefficient (Wildman–Crippen LogP) is 3.89. The van der Waals surface area contributed by atoms with Crippen molar-refractivity contribution in [2.75, 3.05) is 44.1 Å². The standard InChI is InChI=1S/C22H28ClN3O4/c1-29-20-12-19(21(30-2)11-18(20)23)25-22(28)24-13-15-3-5-17(6-4-15)26-9-7-16(14-27)8-10-26/h3-6,11-12,16,27H,7-10,13-14H2,1-2H3,(H2,24,25,28). The highest BCUT2D eigenvalue weighted by molar-refractivity contribution is 6.32. The Labute approximate surface area is 181 Å². The summed E-state index contributed by atoms with van der Waals surface area (Å²) in [6.07, 6.45) is 2.03. The second kappa shape index (κ2) is 10.4. The molecule has 162 valence electrons. The predicted molar refractivity (Wildman–Crippen MR) is 119 cm³/mol. The number of nitrogens with one attached hydrogen (secondary N) is 2. The van der Waals surface area contributed by atoms with Gasteiger partial charge in [0, 0.05) is 44.1 Å². The minimum Gasteiger partial charge on any atom is -0.495 e. The third-order valence-corrected chi connectivity index (χ3v) is 5.64. The van der Waals surface area contributed by atoms with Crippen LogP contribution in [-0.2, 0) is 6.54 Å². The van der Waals surface area contributed by atoms with Crippen molar-refractivity contribution in [2.24, 2.45) is 5.92 Å². The number of urea groups is 1. The van der Waals surface area contributed by atoms with Crippen LogP contribution in [0.5, 0.6) is 11.5 Å². The minimum absolute atomic E-state index is 0.273. The van der Waals surface area contributed by atoms with E-state index < -0.39 is 0 Å². The van der Waals surface area contributed by atoms with Crippen LogP contribution < -0.4 is 25.0 Å². The lowest BCUT2D eigenvalue weighted by Gasteiger charge is -2.33. The number of nitrogens with zero attached hydrogens (tertiary/aromatic N) is 1. The fraction of sp³-hybridized carbons (Fsp3) is 0.409. The summed E-state index contributed by atoms with van der Waals surface area (Å²) in [7, 11) is 3.02. The van der Waals surface area contributed by atoms with Gasteiger partial charge in [-0.25, -0.2) is 4.79 Å². The molecule has 1 aliphatic heterocycles. The summed E-state index contributed by atoms with van der Waals surface area (Å²) in [4.78, 5) is 14.7. The van der Waals surface area contributed by atoms with Gasteiger partial charge in [-0.1, -0.05) is 23.7 Å². The Kier molecular flexibility index (Phi) is 7.65. The van der Waals surface area contributed by atoms with Gasteiger partial charge in [-0.05, 0) is 36.5 Å². The van der Waals surface area contributed by atoms with E-state index in [0.29, 0.717) is 34.7 Å². The molecule has 1 aliphatic rings. The van der Waals surface area contributed by atoms with Gasteiger partial charge in [-0.2, -0.15) is 0 Å². The van der Waals surface area contributed by atoms with Gasteiger partial charge in [0.15, 0.2) is 0 Å². The maximum atomic E-state index is 12.3. The van der Waals surface area contributed by atoms with E-state index in [2.05, 4.69) is 27.7 Å². The van der Waals surface area contributed by atoms with E-state index in [1.165, 1.54) is 14.2 Å². The molecule has 3 rings (SSSR count). The lowest BCUT2D eigenvalue weighted by Crippen LogP contribution is -2.34. The molecular weight excluding hydrogens is 406 g/mol. The van der Waals surface area contributed by atoms with E-state index in [1.54, 1.807) is 12.1 Å². The zero-order chi connectivity index (χ0) is 21.5. The van der Waals surface area contributed by atoms with Crippen molar-refractivity contribution < 1.29 is 19.4 Å². The molecule has 2 aromatic carbocycles. The largest absolute Gasteiger partial charge is 0.495 e. The Balaban J connectivity index is 1.54. The molecule has 30 heavy (non-hydrogen) atoms. The molecule has 0 radical (unpaired) electrons. The van der Waals surface area contributed by atoms with Crippen LogP contribution in [-0.4, -0.2) is 45.1 Å². The normalized spacial score (nSPS) is 14.3. The average molecular weight is 434 g/mol. The number of benzene rings is 2. The van der Waals surface area contributed by atoms with E-state index in [0.717, 1.165) is 37.2 Å². The zero-order valence-electron chi connectivity index (χ0n) is 17.3. The van der Waals surface area contributed by atoms with Crippen LogP contribution in [0.15, 0.2) is 36.4 Å². The summed E-state index contributed by atoms with van der Waals surface area (Å²) in [6.45, 7) is 2.58. The maximum absolute atomic E-state index is 12.3. The molecule has 0 unspecified atom stereocenters. The summed E-state index contributed by atoms with van der Waals surface area (Å²) in [5.41, 5.74) is 2.63. The minimum atomic E-state index is -0.354. The third kappa shape index (κ3) is 5.49. The third-order valence-electron chi connectivity index (χ3n) is 5.35. The van der Waals surface area contributed by atoms with Crippen molar-refractivity contribution in [3.8, 4) is 11.5 Å². The maximum Gasteiger partial charge on any atom is 0.319 e. The molecule has 1 saturated heterocycles. The molecular formula is C22H28ClN3O4. The van der Waals surface area contributed by atoms with Crippen molar-refractivity contribution in [3.63, 3.8) is 0 Å². The van der Waals surface area contributed by atoms with Crippen LogP contribution in [0.2, 0.25) is 5.02 Å². The number of aliphatic hydroxyl groups is 1. The number of methoxy groups -OCH3 is 2. The van der Waals surface area contributed by atoms with Gasteiger partial charge in [0.05, 0.1) is 24.9 Å². The van der Waals surface area contributed by atoms with Crippen LogP contribution in [0.25, 0.3) is 0 Å². The first-order chi connectivity index (χ1) is 14.5. The highest BCUT2D eigenvalue weighted by Crippen LogP contribution is 2.35. The fourth-order valence-electron chi connectivity index (χ4n) is 3.51. The van der Waals surface area contributed by atoms with Gasteiger partial charge in [0.2, 0.25) is 0 Å². The molecule has 0 atom stereocenters. The Morgan fingerprint density at radius 1 is 1.13 bits per heavy atom. The molecule has 0 aliphatic carbocycles. The number of amides is 2. The van der Waals surface area contributed by atoms with Gasteiger partial charge >= 0.3 is 6.03 Å². The molecule has 1 fully saturated rings. The first kappa shape index (κ1) is 22.1. The number of carbonyl (C=O) groups is 1. The summed E-state index contributed by atoms with van der Waals surface area (Å²) < 4.78 is 10.5. The van der Waals surface area contributed by atoms with Crippen molar-refractivity contribution in [2.45, 2.75) is 19.4 Å². The number of aliphatic hydroxyl groups excluding tert-OH is 1. The lowest BCUT2D eigenvalue weighted by atomic mass is 9.97. The van der Waals surface area contributed by atoms with Crippen LogP contribution in [0.3, 0.4) is 0 Å². The van der Waals surface area contributed by atoms with Crippen LogP contribution in [0.4, 0.5) is 16.2 Å². The van der Waals surface area contributed by atoms with Crippen molar-refractivity contribution in [1.82, 2.24) is 5.32 Å². The van der Waals surface area contributed by atoms with Crippen LogP contribution in [0, 0.1) is 5.92 Å². The first-order valence-corrected chi connectivity index (χ1v) is 10.3. The smallest absolute Gasteiger partial charge is 0.319 e. The molecule has 0 saturated carbocycles. The van der Waals surface area contributed by atoms with Crippen molar-refractivity contribution in [1.29, 1.82) is 0 Å². The van der Waals surface area contributed by atoms with E-state index in [1.807, 2.05) is 12.1 Å². The number of carbonyl (C=O) groups excluding carboxylic acids is 1. The van der Waals surface area contributed by atoms with Crippen LogP contribution in [0.1, 0.15) is 18.4 Å². The Morgan fingerprint density at radius 2 is 1.80 bits per heavy atom. The van der Waals surface area contributed by atoms with Crippen molar-refractivity contribution in [3.05, 3.63) is 47.0 Å². The number of rotatable bonds is 7. The molecule has 7 nitrogen and oxygen atoms in total. The Hall–Kier alpha value is -2.64. The second-order valence-corrected chi connectivity index (χ2v) is 7.68. The number of anilines is 2. The second-order valence-electron chi connectivity index (χ2n) is 7.27. The molecule has 0 aromatic heterocycles. The van der Waals surface area contributed by atoms with Gasteiger partial charge in [0.25, 0.3) is 0 Å². The Morgan fingerprint density at radius 3 is 2.40 bits per heavy atom. The fourth-order valence-corrected chi connectivity index (χ4v) is 3.74. The van der Waals surface area contributed by atoms with Crippen LogP contribution >= 0.6 is 11.6 Å². The summed E-state index contributed by atoms with van der Waals surface area (Å²) in [5.74, 6) is 1.32. The highest BCUT2D eigenvalue weighted by Gasteiger charge is 2.18. The first-order valence-electron chi connectivity index (χ1n) is 9.95. The number of ether oxygens (including phenoxy) is 2. The average Bonchev–Trinajstić information content (AvgIpc) is 2.79. The van der Waals surface area contributed by atoms with E-state index >= 15 is 0 Å². The SMILES string of the molecule is COc1cc(NC(=O)NCc2ccc(N3CCC(CO)CC3)cc2)c(OC)cc1Cl. The topological polar surface area (TPSA) is 83.1 Å². The number of halogens is 1. The van der Waals surface area contributed by atoms with E-state index in [-0.39, 0.29) is 12.6 Å². The summed E-state index contributed by atoms with van der Waals surface area (Å²) >= 11 is 6.09. The van der Waals surface area contributed by atoms with E-state index in [4.69, 9.17) is 21.1 Å². The highest BCUT2D eigenvalue weighted by atomic mass is 35.5. The van der Waals surface area contributed by atoms with Crippen molar-refractivity contribution >= 4 is 29.0 Å². The summed E-state index contributed by atoms with van der Waals surface area (Å²) in [5, 5.41) is 15.3. The van der Waals surface area contributed by atoms with E-state index in [9.17, 15) is 9.90 Å². The quantitative estimate of drug-likeness (QED) is 0.617. The molecule has 3 N–H and O–H groups in total. The monoisotopic (exact) mass is 433 g/mol. The molecule has 8 heteroatoms.